The fourth-order valence-corrected chi connectivity index (χ4v) is 3.16. The fourth-order valence-electron chi connectivity index (χ4n) is 3.16. The van der Waals surface area contributed by atoms with Gasteiger partial charge in [0.05, 0.1) is 11.5 Å². The van der Waals surface area contributed by atoms with Gasteiger partial charge in [0.2, 0.25) is 0 Å². The van der Waals surface area contributed by atoms with Crippen molar-refractivity contribution in [2.75, 3.05) is 11.9 Å². The summed E-state index contributed by atoms with van der Waals surface area (Å²) < 4.78 is 0. The molecule has 3 N–H and O–H groups in total. The summed E-state index contributed by atoms with van der Waals surface area (Å²) in [6, 6.07) is 21.2. The van der Waals surface area contributed by atoms with Gasteiger partial charge < -0.3 is 15.7 Å². The first-order chi connectivity index (χ1) is 15.2. The summed E-state index contributed by atoms with van der Waals surface area (Å²) in [4.78, 5) is 34.9. The molecule has 3 aromatic rings. The highest BCUT2D eigenvalue weighted by Gasteiger charge is 2.26. The first kappa shape index (κ1) is 22.6. The highest BCUT2D eigenvalue weighted by atomic mass is 16.6. The second-order valence-electron chi connectivity index (χ2n) is 7.63. The van der Waals surface area contributed by atoms with E-state index >= 15 is 0 Å². The lowest BCUT2D eigenvalue weighted by atomic mass is 9.93. The Balaban J connectivity index is 1.63. The van der Waals surface area contributed by atoms with Gasteiger partial charge in [0.25, 0.3) is 5.69 Å². The van der Waals surface area contributed by atoms with Crippen molar-refractivity contribution in [3.63, 3.8) is 0 Å². The number of anilines is 1. The number of carbonyl (C=O) groups is 2. The molecule has 164 valence electrons. The van der Waals surface area contributed by atoms with Gasteiger partial charge in [-0.15, -0.1) is 0 Å². The summed E-state index contributed by atoms with van der Waals surface area (Å²) in [7, 11) is 0. The van der Waals surface area contributed by atoms with E-state index in [-0.39, 0.29) is 17.9 Å². The molecule has 0 saturated heterocycles. The second-order valence-corrected chi connectivity index (χ2v) is 7.63. The standard InChI is InChI=1S/C24H23N3O5/c1-16-8-13-20(21(14-16)27(31)32)26-23(29)22(28)25-15-24(2,30)19-11-9-18(10-12-19)17-6-4-3-5-7-17/h3-14,30H,15H2,1-2H3,(H,25,28)(H,26,29). The zero-order chi connectivity index (χ0) is 23.3. The molecule has 0 aromatic heterocycles. The molecule has 0 bridgehead atoms. The third-order valence-electron chi connectivity index (χ3n) is 5.01. The normalized spacial score (nSPS) is 12.5. The molecule has 0 radical (unpaired) electrons. The van der Waals surface area contributed by atoms with Crippen LogP contribution in [0.25, 0.3) is 11.1 Å². The van der Waals surface area contributed by atoms with Gasteiger partial charge in [-0.25, -0.2) is 0 Å². The molecular weight excluding hydrogens is 410 g/mol. The van der Waals surface area contributed by atoms with Crippen molar-refractivity contribution in [3.8, 4) is 11.1 Å². The van der Waals surface area contributed by atoms with Crippen LogP contribution in [0, 0.1) is 17.0 Å². The number of hydrogen-bond acceptors (Lipinski definition) is 5. The van der Waals surface area contributed by atoms with Crippen LogP contribution in [0.5, 0.6) is 0 Å². The quantitative estimate of drug-likeness (QED) is 0.312. The van der Waals surface area contributed by atoms with E-state index in [1.165, 1.54) is 19.1 Å². The maximum absolute atomic E-state index is 12.2. The Bertz CT molecular complexity index is 1140. The molecule has 3 rings (SSSR count). The zero-order valence-electron chi connectivity index (χ0n) is 17.7. The third-order valence-corrected chi connectivity index (χ3v) is 5.01. The van der Waals surface area contributed by atoms with Crippen molar-refractivity contribution in [2.45, 2.75) is 19.4 Å². The highest BCUT2D eigenvalue weighted by molar-refractivity contribution is 6.39. The van der Waals surface area contributed by atoms with E-state index in [1.54, 1.807) is 25.1 Å². The number of carbonyl (C=O) groups excluding carboxylic acids is 2. The molecule has 8 nitrogen and oxygen atoms in total. The number of nitro benzene ring substituents is 1. The van der Waals surface area contributed by atoms with Crippen molar-refractivity contribution >= 4 is 23.2 Å². The lowest BCUT2D eigenvalue weighted by Crippen LogP contribution is -2.43. The third kappa shape index (κ3) is 5.35. The smallest absolute Gasteiger partial charge is 0.313 e. The Hall–Kier alpha value is -4.04. The van der Waals surface area contributed by atoms with Crippen molar-refractivity contribution < 1.29 is 19.6 Å². The summed E-state index contributed by atoms with van der Waals surface area (Å²) in [5.41, 5.74) is 1.41. The van der Waals surface area contributed by atoms with Crippen LogP contribution < -0.4 is 10.6 Å². The maximum Gasteiger partial charge on any atom is 0.313 e. The first-order valence-corrected chi connectivity index (χ1v) is 9.90. The molecule has 8 heteroatoms. The van der Waals surface area contributed by atoms with Crippen LogP contribution in [0.2, 0.25) is 0 Å². The van der Waals surface area contributed by atoms with Gasteiger partial charge in [0.15, 0.2) is 0 Å². The molecule has 0 spiro atoms. The van der Waals surface area contributed by atoms with Crippen molar-refractivity contribution in [2.24, 2.45) is 0 Å². The van der Waals surface area contributed by atoms with Crippen molar-refractivity contribution in [1.82, 2.24) is 5.32 Å². The number of rotatable bonds is 6. The molecular formula is C24H23N3O5. The molecule has 0 aliphatic heterocycles. The van der Waals surface area contributed by atoms with E-state index in [1.807, 2.05) is 42.5 Å². The topological polar surface area (TPSA) is 122 Å². The molecule has 3 aromatic carbocycles. The van der Waals surface area contributed by atoms with Crippen molar-refractivity contribution in [3.05, 3.63) is 94.0 Å². The lowest BCUT2D eigenvalue weighted by molar-refractivity contribution is -0.384. The first-order valence-electron chi connectivity index (χ1n) is 9.90. The SMILES string of the molecule is Cc1ccc(NC(=O)C(=O)NCC(C)(O)c2ccc(-c3ccccc3)cc2)c([N+](=O)[O-])c1. The van der Waals surface area contributed by atoms with Crippen LogP contribution in [0.4, 0.5) is 11.4 Å². The molecule has 0 saturated carbocycles. The molecule has 0 fully saturated rings. The Morgan fingerprint density at radius 2 is 1.59 bits per heavy atom. The number of aliphatic hydroxyl groups is 1. The van der Waals surface area contributed by atoms with Crippen LogP contribution in [-0.2, 0) is 15.2 Å². The number of amides is 2. The van der Waals surface area contributed by atoms with Gasteiger partial charge in [0.1, 0.15) is 11.3 Å². The van der Waals surface area contributed by atoms with E-state index in [0.29, 0.717) is 11.1 Å². The summed E-state index contributed by atoms with van der Waals surface area (Å²) in [6.45, 7) is 2.98. The molecule has 0 aliphatic rings. The minimum absolute atomic E-state index is 0.0796. The number of nitrogens with one attached hydrogen (secondary N) is 2. The van der Waals surface area contributed by atoms with Crippen LogP contribution in [-0.4, -0.2) is 28.4 Å². The number of aryl methyl sites for hydroxylation is 1. The van der Waals surface area contributed by atoms with E-state index in [9.17, 15) is 24.8 Å². The zero-order valence-corrected chi connectivity index (χ0v) is 17.7. The summed E-state index contributed by atoms with van der Waals surface area (Å²) in [5.74, 6) is -2.08. The van der Waals surface area contributed by atoms with E-state index in [2.05, 4.69) is 10.6 Å². The molecule has 1 unspecified atom stereocenters. The van der Waals surface area contributed by atoms with Crippen LogP contribution in [0.3, 0.4) is 0 Å². The van der Waals surface area contributed by atoms with Crippen LogP contribution >= 0.6 is 0 Å². The van der Waals surface area contributed by atoms with E-state index < -0.39 is 22.3 Å². The van der Waals surface area contributed by atoms with Gasteiger partial charge in [-0.1, -0.05) is 60.7 Å². The Labute approximate surface area is 185 Å². The number of hydrogen-bond donors (Lipinski definition) is 3. The van der Waals surface area contributed by atoms with Gasteiger partial charge in [0, 0.05) is 6.07 Å². The highest BCUT2D eigenvalue weighted by Crippen LogP contribution is 2.26. The minimum atomic E-state index is -1.43. The Morgan fingerprint density at radius 3 is 2.22 bits per heavy atom. The molecule has 0 heterocycles. The van der Waals surface area contributed by atoms with Gasteiger partial charge in [-0.3, -0.25) is 19.7 Å². The average Bonchev–Trinajstić information content (AvgIpc) is 2.79. The van der Waals surface area contributed by atoms with E-state index in [4.69, 9.17) is 0 Å². The van der Waals surface area contributed by atoms with Gasteiger partial charge in [-0.2, -0.15) is 0 Å². The average molecular weight is 433 g/mol. The predicted octanol–water partition coefficient (Wildman–Crippen LogP) is 3.53. The monoisotopic (exact) mass is 433 g/mol. The Kier molecular flexibility index (Phi) is 6.65. The largest absolute Gasteiger partial charge is 0.384 e. The fraction of sp³-hybridized carbons (Fsp3) is 0.167. The molecule has 0 aliphatic carbocycles. The van der Waals surface area contributed by atoms with Crippen LogP contribution in [0.15, 0.2) is 72.8 Å². The summed E-state index contributed by atoms with van der Waals surface area (Å²) in [6.07, 6.45) is 0. The van der Waals surface area contributed by atoms with Crippen LogP contribution in [0.1, 0.15) is 18.1 Å². The molecule has 32 heavy (non-hydrogen) atoms. The number of nitro groups is 1. The summed E-state index contributed by atoms with van der Waals surface area (Å²) in [5, 5.41) is 26.6. The van der Waals surface area contributed by atoms with Gasteiger partial charge in [-0.05, 0) is 42.2 Å². The molecule has 2 amide bonds. The predicted molar refractivity (Wildman–Crippen MR) is 121 cm³/mol. The maximum atomic E-state index is 12.2. The molecule has 1 atom stereocenters. The van der Waals surface area contributed by atoms with Gasteiger partial charge >= 0.3 is 11.8 Å². The van der Waals surface area contributed by atoms with E-state index in [0.717, 1.165) is 11.1 Å². The number of nitrogens with zero attached hydrogens (tertiary/aromatic N) is 1. The minimum Gasteiger partial charge on any atom is -0.384 e. The second kappa shape index (κ2) is 9.40. The van der Waals surface area contributed by atoms with Crippen molar-refractivity contribution in [1.29, 1.82) is 0 Å². The number of benzene rings is 3. The lowest BCUT2D eigenvalue weighted by Gasteiger charge is -2.24. The summed E-state index contributed by atoms with van der Waals surface area (Å²) >= 11 is 0. The Morgan fingerprint density at radius 1 is 0.969 bits per heavy atom.